The number of fused-ring (bicyclic) bond motifs is 2. The fraction of sp³-hybridized carbons (Fsp3) is 0.250. The number of carboxylic acid groups (broad SMARTS) is 1. The van der Waals surface area contributed by atoms with Gasteiger partial charge in [0.2, 0.25) is 0 Å². The molecule has 1 aromatic heterocycles. The molecule has 0 bridgehead atoms. The zero-order valence-electron chi connectivity index (χ0n) is 15.9. The number of aromatic nitrogens is 2. The number of anilines is 1. The second-order valence-corrected chi connectivity index (χ2v) is 6.64. The first kappa shape index (κ1) is 18.6. The summed E-state index contributed by atoms with van der Waals surface area (Å²) in [6, 6.07) is 8.22. The molecule has 1 aliphatic carbocycles. The summed E-state index contributed by atoms with van der Waals surface area (Å²) in [6.45, 7) is 0. The number of methoxy groups -OCH3 is 2. The van der Waals surface area contributed by atoms with Crippen molar-refractivity contribution >= 4 is 28.7 Å². The molecular weight excluding hydrogens is 376 g/mol. The maximum absolute atomic E-state index is 12.6. The molecule has 9 heteroatoms. The summed E-state index contributed by atoms with van der Waals surface area (Å²) in [5, 5.41) is 19.4. The number of hydrogen-bond acceptors (Lipinski definition) is 5. The van der Waals surface area contributed by atoms with Gasteiger partial charge in [-0.1, -0.05) is 12.1 Å². The number of ether oxygens (including phenoxy) is 2. The monoisotopic (exact) mass is 396 g/mol. The number of hydrogen-bond donors (Lipinski definition) is 3. The zero-order valence-corrected chi connectivity index (χ0v) is 15.9. The summed E-state index contributed by atoms with van der Waals surface area (Å²) in [5.41, 5.74) is 2.91. The van der Waals surface area contributed by atoms with Gasteiger partial charge in [0.25, 0.3) is 0 Å². The third-order valence-electron chi connectivity index (χ3n) is 5.09. The molecule has 9 nitrogen and oxygen atoms in total. The highest BCUT2D eigenvalue weighted by atomic mass is 16.5. The lowest BCUT2D eigenvalue weighted by Crippen LogP contribution is -2.31. The predicted molar refractivity (Wildman–Crippen MR) is 106 cm³/mol. The predicted octanol–water partition coefficient (Wildman–Crippen LogP) is 3.39. The van der Waals surface area contributed by atoms with Gasteiger partial charge in [-0.05, 0) is 36.6 Å². The molecule has 0 saturated heterocycles. The fourth-order valence-electron chi connectivity index (χ4n) is 3.81. The average molecular weight is 396 g/mol. The van der Waals surface area contributed by atoms with Gasteiger partial charge in [0, 0.05) is 10.9 Å². The third-order valence-corrected chi connectivity index (χ3v) is 5.09. The van der Waals surface area contributed by atoms with Gasteiger partial charge in [-0.2, -0.15) is 9.78 Å². The van der Waals surface area contributed by atoms with Crippen LogP contribution in [-0.4, -0.2) is 41.2 Å². The van der Waals surface area contributed by atoms with E-state index in [1.807, 2.05) is 12.1 Å². The van der Waals surface area contributed by atoms with Gasteiger partial charge in [0.05, 0.1) is 37.7 Å². The Morgan fingerprint density at radius 1 is 1.21 bits per heavy atom. The van der Waals surface area contributed by atoms with E-state index in [9.17, 15) is 14.7 Å². The molecular formula is C20H20N4O5. The molecule has 150 valence electrons. The van der Waals surface area contributed by atoms with Crippen LogP contribution in [0.1, 0.15) is 23.6 Å². The summed E-state index contributed by atoms with van der Waals surface area (Å²) in [6.07, 6.45) is 1.74. The van der Waals surface area contributed by atoms with Crippen LogP contribution in [0.2, 0.25) is 0 Å². The van der Waals surface area contributed by atoms with Crippen molar-refractivity contribution in [2.24, 2.45) is 0 Å². The molecule has 4 rings (SSSR count). The van der Waals surface area contributed by atoms with Gasteiger partial charge in [-0.3, -0.25) is 0 Å². The maximum Gasteiger partial charge on any atom is 0.432 e. The van der Waals surface area contributed by atoms with Crippen molar-refractivity contribution < 1.29 is 24.2 Å². The third kappa shape index (κ3) is 3.20. The van der Waals surface area contributed by atoms with Gasteiger partial charge < -0.3 is 25.2 Å². The topological polar surface area (TPSA) is 115 Å². The first-order chi connectivity index (χ1) is 14.0. The Balaban J connectivity index is 1.54. The summed E-state index contributed by atoms with van der Waals surface area (Å²) in [4.78, 5) is 23.9. The van der Waals surface area contributed by atoms with Crippen LogP contribution in [0.15, 0.2) is 36.5 Å². The Labute approximate surface area is 166 Å². The number of nitrogens with zero attached hydrogens (tertiary/aromatic N) is 2. The number of nitrogens with one attached hydrogen (secondary N) is 2. The minimum atomic E-state index is -1.19. The van der Waals surface area contributed by atoms with E-state index < -0.39 is 6.09 Å². The lowest BCUT2D eigenvalue weighted by atomic mass is 10.1. The van der Waals surface area contributed by atoms with Gasteiger partial charge in [-0.15, -0.1) is 0 Å². The molecule has 29 heavy (non-hydrogen) atoms. The van der Waals surface area contributed by atoms with Gasteiger partial charge in [-0.25, -0.2) is 9.59 Å². The normalized spacial score (nSPS) is 15.0. The summed E-state index contributed by atoms with van der Waals surface area (Å²) < 4.78 is 11.7. The van der Waals surface area contributed by atoms with Crippen LogP contribution in [-0.2, 0) is 6.42 Å². The Hall–Kier alpha value is -3.75. The van der Waals surface area contributed by atoms with Crippen LogP contribution in [0.5, 0.6) is 11.5 Å². The lowest BCUT2D eigenvalue weighted by molar-refractivity contribution is 0.194. The first-order valence-electron chi connectivity index (χ1n) is 9.04. The minimum Gasteiger partial charge on any atom is -0.493 e. The Morgan fingerprint density at radius 2 is 2.03 bits per heavy atom. The van der Waals surface area contributed by atoms with Gasteiger partial charge in [0.1, 0.15) is 0 Å². The van der Waals surface area contributed by atoms with E-state index >= 15 is 0 Å². The van der Waals surface area contributed by atoms with Gasteiger partial charge in [0.15, 0.2) is 11.5 Å². The van der Waals surface area contributed by atoms with E-state index in [1.54, 1.807) is 32.4 Å². The zero-order chi connectivity index (χ0) is 20.5. The van der Waals surface area contributed by atoms with Crippen LogP contribution in [0, 0.1) is 0 Å². The molecule has 2 aromatic carbocycles. The summed E-state index contributed by atoms with van der Waals surface area (Å²) >= 11 is 0. The summed E-state index contributed by atoms with van der Waals surface area (Å²) in [7, 11) is 3.19. The summed E-state index contributed by atoms with van der Waals surface area (Å²) in [5.74, 6) is 1.36. The molecule has 0 saturated carbocycles. The fourth-order valence-corrected chi connectivity index (χ4v) is 3.81. The van der Waals surface area contributed by atoms with Crippen molar-refractivity contribution in [3.8, 4) is 11.5 Å². The largest absolute Gasteiger partial charge is 0.493 e. The van der Waals surface area contributed by atoms with Crippen molar-refractivity contribution in [1.29, 1.82) is 0 Å². The molecule has 0 spiro atoms. The van der Waals surface area contributed by atoms with Crippen molar-refractivity contribution in [1.82, 2.24) is 15.1 Å². The van der Waals surface area contributed by atoms with E-state index in [0.29, 0.717) is 28.1 Å². The number of benzene rings is 2. The molecule has 1 aliphatic rings. The molecule has 0 radical (unpaired) electrons. The Morgan fingerprint density at radius 3 is 2.76 bits per heavy atom. The van der Waals surface area contributed by atoms with E-state index in [0.717, 1.165) is 28.7 Å². The molecule has 0 aliphatic heterocycles. The standard InChI is InChI=1S/C20H20N4O5/c1-28-17-9-7-11-12(18(17)29-2)6-8-15(11)23-19(25)22-14-4-3-5-16-13(14)10-21-24(16)20(26)27/h3-5,7,9-10,15H,6,8H2,1-2H3,(H,26,27)(H2,22,23,25). The first-order valence-corrected chi connectivity index (χ1v) is 9.04. The minimum absolute atomic E-state index is 0.161. The second-order valence-electron chi connectivity index (χ2n) is 6.64. The van der Waals surface area contributed by atoms with Gasteiger partial charge >= 0.3 is 12.1 Å². The van der Waals surface area contributed by atoms with Crippen molar-refractivity contribution in [3.05, 3.63) is 47.7 Å². The highest BCUT2D eigenvalue weighted by Crippen LogP contribution is 2.42. The van der Waals surface area contributed by atoms with Crippen LogP contribution < -0.4 is 20.1 Å². The molecule has 3 N–H and O–H groups in total. The number of rotatable bonds is 4. The molecule has 1 heterocycles. The van der Waals surface area contributed by atoms with Crippen molar-refractivity contribution in [2.75, 3.05) is 19.5 Å². The number of carbonyl (C=O) groups is 2. The molecule has 3 aromatic rings. The van der Waals surface area contributed by atoms with Crippen LogP contribution in [0.25, 0.3) is 10.9 Å². The molecule has 1 unspecified atom stereocenters. The number of amides is 2. The SMILES string of the molecule is COc1ccc2c(c1OC)CCC2NC(=O)Nc1cccc2c1cnn2C(=O)O. The van der Waals surface area contributed by atoms with E-state index in [1.165, 1.54) is 6.20 Å². The highest BCUT2D eigenvalue weighted by molar-refractivity contribution is 6.02. The van der Waals surface area contributed by atoms with E-state index in [4.69, 9.17) is 9.47 Å². The highest BCUT2D eigenvalue weighted by Gasteiger charge is 2.28. The van der Waals surface area contributed by atoms with Crippen LogP contribution in [0.4, 0.5) is 15.3 Å². The van der Waals surface area contributed by atoms with E-state index in [-0.39, 0.29) is 12.1 Å². The number of urea groups is 1. The van der Waals surface area contributed by atoms with E-state index in [2.05, 4.69) is 15.7 Å². The molecule has 2 amide bonds. The number of carbonyl (C=O) groups excluding carboxylic acids is 1. The smallest absolute Gasteiger partial charge is 0.432 e. The van der Waals surface area contributed by atoms with Crippen LogP contribution in [0.3, 0.4) is 0 Å². The lowest BCUT2D eigenvalue weighted by Gasteiger charge is -2.17. The Kier molecular flexibility index (Phi) is 4.71. The van der Waals surface area contributed by atoms with Crippen molar-refractivity contribution in [3.63, 3.8) is 0 Å². The molecule has 1 atom stereocenters. The average Bonchev–Trinajstić information content (AvgIpc) is 3.32. The quantitative estimate of drug-likeness (QED) is 0.623. The molecule has 0 fully saturated rings. The maximum atomic E-state index is 12.6. The van der Waals surface area contributed by atoms with Crippen LogP contribution >= 0.6 is 0 Å². The van der Waals surface area contributed by atoms with Crippen molar-refractivity contribution in [2.45, 2.75) is 18.9 Å². The Bertz CT molecular complexity index is 1110. The second kappa shape index (κ2) is 7.34.